The van der Waals surface area contributed by atoms with Gasteiger partial charge in [-0.25, -0.2) is 15.0 Å². The number of carbonyl (C=O) groups excluding carboxylic acids is 1. The van der Waals surface area contributed by atoms with E-state index in [-0.39, 0.29) is 0 Å². The minimum absolute atomic E-state index is 0.628. The molecule has 1 amide bonds. The van der Waals surface area contributed by atoms with Gasteiger partial charge in [0, 0.05) is 67.3 Å². The van der Waals surface area contributed by atoms with Crippen molar-refractivity contribution in [2.24, 2.45) is 0 Å². The predicted molar refractivity (Wildman–Crippen MR) is 136 cm³/mol. The van der Waals surface area contributed by atoms with Crippen molar-refractivity contribution in [1.29, 1.82) is 0 Å². The molecule has 5 rings (SSSR count). The maximum atomic E-state index is 11.9. The fourth-order valence-electron chi connectivity index (χ4n) is 4.15. The van der Waals surface area contributed by atoms with Gasteiger partial charge in [-0.05, 0) is 12.0 Å². The van der Waals surface area contributed by atoms with E-state index in [1.807, 2.05) is 6.07 Å². The van der Waals surface area contributed by atoms with Gasteiger partial charge in [-0.3, -0.25) is 9.00 Å². The third kappa shape index (κ3) is 5.15. The highest BCUT2D eigenvalue weighted by atomic mass is 32.2. The molecular weight excluding hydrogens is 470 g/mol. The second kappa shape index (κ2) is 10.6. The molecule has 2 fully saturated rings. The Balaban J connectivity index is 1.47. The van der Waals surface area contributed by atoms with Crippen molar-refractivity contribution in [2.75, 3.05) is 66.3 Å². The summed E-state index contributed by atoms with van der Waals surface area (Å²) in [6.45, 7) is 4.00. The van der Waals surface area contributed by atoms with Crippen molar-refractivity contribution in [3.05, 3.63) is 42.2 Å². The number of aromatic nitrogens is 4. The first-order valence-electron chi connectivity index (χ1n) is 11.4. The SMILES string of the molecule is O=CN1CCN(c2nc(N3CCS(=O)CC3)c3ncnc(SCCc4ccccc4)c3n2)CC1. The Morgan fingerprint density at radius 3 is 2.41 bits per heavy atom. The highest BCUT2D eigenvalue weighted by Gasteiger charge is 2.25. The van der Waals surface area contributed by atoms with Crippen molar-refractivity contribution in [3.8, 4) is 0 Å². The van der Waals surface area contributed by atoms with Gasteiger partial charge in [0.05, 0.1) is 0 Å². The Labute approximate surface area is 205 Å². The van der Waals surface area contributed by atoms with Crippen molar-refractivity contribution in [3.63, 3.8) is 0 Å². The number of hydrogen-bond donors (Lipinski definition) is 0. The Kier molecular flexibility index (Phi) is 7.19. The normalized spacial score (nSPS) is 17.4. The van der Waals surface area contributed by atoms with E-state index in [0.717, 1.165) is 40.5 Å². The van der Waals surface area contributed by atoms with Crippen LogP contribution < -0.4 is 9.80 Å². The van der Waals surface area contributed by atoms with Gasteiger partial charge in [0.25, 0.3) is 0 Å². The second-order valence-electron chi connectivity index (χ2n) is 8.27. The maximum absolute atomic E-state index is 11.9. The molecule has 2 aliphatic rings. The molecule has 0 atom stereocenters. The quantitative estimate of drug-likeness (QED) is 0.274. The molecule has 2 saturated heterocycles. The fourth-order valence-corrected chi connectivity index (χ4v) is 6.14. The van der Waals surface area contributed by atoms with Gasteiger partial charge >= 0.3 is 0 Å². The summed E-state index contributed by atoms with van der Waals surface area (Å²) in [5.74, 6) is 3.55. The van der Waals surface area contributed by atoms with Gasteiger partial charge in [-0.1, -0.05) is 30.3 Å². The molecule has 2 aliphatic heterocycles. The molecule has 178 valence electrons. The fraction of sp³-hybridized carbons (Fsp3) is 0.435. The molecular formula is C23H27N7O2S2. The molecule has 0 unspecified atom stereocenters. The maximum Gasteiger partial charge on any atom is 0.228 e. The Hall–Kier alpha value is -2.79. The zero-order chi connectivity index (χ0) is 23.3. The third-order valence-corrected chi connectivity index (χ3v) is 8.37. The number of amides is 1. The first kappa shape index (κ1) is 23.0. The van der Waals surface area contributed by atoms with Gasteiger partial charge in [-0.15, -0.1) is 11.8 Å². The molecule has 1 aromatic carbocycles. The molecule has 0 radical (unpaired) electrons. The number of piperazine rings is 1. The van der Waals surface area contributed by atoms with Crippen LogP contribution in [-0.4, -0.2) is 92.0 Å². The second-order valence-corrected chi connectivity index (χ2v) is 11.1. The predicted octanol–water partition coefficient (Wildman–Crippen LogP) is 1.60. The summed E-state index contributed by atoms with van der Waals surface area (Å²) in [6, 6.07) is 10.4. The van der Waals surface area contributed by atoms with Gasteiger partial charge in [0.15, 0.2) is 5.82 Å². The molecule has 0 N–H and O–H groups in total. The zero-order valence-electron chi connectivity index (χ0n) is 18.9. The summed E-state index contributed by atoms with van der Waals surface area (Å²) in [5, 5.41) is 0.845. The Morgan fingerprint density at radius 2 is 1.68 bits per heavy atom. The summed E-state index contributed by atoms with van der Waals surface area (Å²) >= 11 is 1.68. The van der Waals surface area contributed by atoms with E-state index in [2.05, 4.69) is 44.0 Å². The number of fused-ring (bicyclic) bond motifs is 1. The van der Waals surface area contributed by atoms with Gasteiger partial charge in [-0.2, -0.15) is 4.98 Å². The molecule has 0 aliphatic carbocycles. The van der Waals surface area contributed by atoms with E-state index in [1.165, 1.54) is 5.56 Å². The molecule has 4 heterocycles. The molecule has 0 saturated carbocycles. The lowest BCUT2D eigenvalue weighted by Gasteiger charge is -2.34. The average molecular weight is 498 g/mol. The van der Waals surface area contributed by atoms with Crippen LogP contribution in [0.1, 0.15) is 5.56 Å². The van der Waals surface area contributed by atoms with Crippen LogP contribution >= 0.6 is 11.8 Å². The smallest absolute Gasteiger partial charge is 0.228 e. The zero-order valence-corrected chi connectivity index (χ0v) is 20.5. The average Bonchev–Trinajstić information content (AvgIpc) is 2.89. The van der Waals surface area contributed by atoms with Gasteiger partial charge < -0.3 is 14.7 Å². The lowest BCUT2D eigenvalue weighted by Crippen LogP contribution is -2.46. The van der Waals surface area contributed by atoms with Crippen LogP contribution in [0.5, 0.6) is 0 Å². The van der Waals surface area contributed by atoms with E-state index in [9.17, 15) is 9.00 Å². The van der Waals surface area contributed by atoms with E-state index in [0.29, 0.717) is 56.7 Å². The number of thioether (sulfide) groups is 1. The molecule has 9 nitrogen and oxygen atoms in total. The van der Waals surface area contributed by atoms with Crippen LogP contribution in [0.25, 0.3) is 11.0 Å². The highest BCUT2D eigenvalue weighted by Crippen LogP contribution is 2.31. The number of rotatable bonds is 7. The summed E-state index contributed by atoms with van der Waals surface area (Å²) in [5.41, 5.74) is 2.78. The standard InChI is InChI=1S/C23H27N7O2S2/c31-17-28-7-9-30(10-8-28)23-26-20-19(21(27-23)29-11-14-34(32)15-12-29)24-16-25-22(20)33-13-6-18-4-2-1-3-5-18/h1-5,16-17H,6-15H2. The highest BCUT2D eigenvalue weighted by molar-refractivity contribution is 7.99. The third-order valence-electron chi connectivity index (χ3n) is 6.11. The van der Waals surface area contributed by atoms with Crippen molar-refractivity contribution in [2.45, 2.75) is 11.4 Å². The number of anilines is 2. The number of hydrogen-bond acceptors (Lipinski definition) is 9. The molecule has 0 spiro atoms. The van der Waals surface area contributed by atoms with E-state index < -0.39 is 10.8 Å². The van der Waals surface area contributed by atoms with Crippen molar-refractivity contribution in [1.82, 2.24) is 24.8 Å². The lowest BCUT2D eigenvalue weighted by atomic mass is 10.2. The summed E-state index contributed by atoms with van der Waals surface area (Å²) in [7, 11) is -0.781. The number of carbonyl (C=O) groups is 1. The number of aryl methyl sites for hydroxylation is 1. The van der Waals surface area contributed by atoms with E-state index >= 15 is 0 Å². The summed E-state index contributed by atoms with van der Waals surface area (Å²) in [6.07, 6.45) is 3.42. The summed E-state index contributed by atoms with van der Waals surface area (Å²) < 4.78 is 11.9. The minimum Gasteiger partial charge on any atom is -0.353 e. The topological polar surface area (TPSA) is 95.4 Å². The molecule has 0 bridgehead atoms. The van der Waals surface area contributed by atoms with Crippen LogP contribution in [0.4, 0.5) is 11.8 Å². The Bertz CT molecular complexity index is 1160. The van der Waals surface area contributed by atoms with Crippen LogP contribution in [0.15, 0.2) is 41.7 Å². The summed E-state index contributed by atoms with van der Waals surface area (Å²) in [4.78, 5) is 36.2. The van der Waals surface area contributed by atoms with E-state index in [4.69, 9.17) is 9.97 Å². The van der Waals surface area contributed by atoms with Crippen LogP contribution in [0.3, 0.4) is 0 Å². The largest absolute Gasteiger partial charge is 0.353 e. The van der Waals surface area contributed by atoms with Crippen LogP contribution in [0.2, 0.25) is 0 Å². The molecule has 11 heteroatoms. The first-order valence-corrected chi connectivity index (χ1v) is 13.9. The molecule has 2 aromatic heterocycles. The van der Waals surface area contributed by atoms with Crippen molar-refractivity contribution < 1.29 is 9.00 Å². The van der Waals surface area contributed by atoms with Crippen LogP contribution in [-0.2, 0) is 22.0 Å². The molecule has 34 heavy (non-hydrogen) atoms. The lowest BCUT2D eigenvalue weighted by molar-refractivity contribution is -0.118. The van der Waals surface area contributed by atoms with Gasteiger partial charge in [0.2, 0.25) is 12.4 Å². The Morgan fingerprint density at radius 1 is 0.912 bits per heavy atom. The monoisotopic (exact) mass is 497 g/mol. The van der Waals surface area contributed by atoms with Crippen molar-refractivity contribution >= 4 is 51.8 Å². The van der Waals surface area contributed by atoms with E-state index in [1.54, 1.807) is 23.0 Å². The first-order chi connectivity index (χ1) is 16.7. The molecule has 3 aromatic rings. The van der Waals surface area contributed by atoms with Gasteiger partial charge in [0.1, 0.15) is 22.4 Å². The number of benzene rings is 1. The van der Waals surface area contributed by atoms with Crippen LogP contribution in [0, 0.1) is 0 Å². The number of nitrogens with zero attached hydrogens (tertiary/aromatic N) is 7. The minimum atomic E-state index is -0.781.